The van der Waals surface area contributed by atoms with E-state index in [2.05, 4.69) is 0 Å². The summed E-state index contributed by atoms with van der Waals surface area (Å²) >= 11 is -2.86. The summed E-state index contributed by atoms with van der Waals surface area (Å²) in [5.74, 6) is -51.0. The fourth-order valence-corrected chi connectivity index (χ4v) is 1.14. The molecular weight excluding hydrogens is 518 g/mol. The van der Waals surface area contributed by atoms with E-state index in [1.807, 2.05) is 0 Å². The highest BCUT2D eigenvalue weighted by atomic mass is 32.2. The number of rotatable bonds is 5. The Morgan fingerprint density at radius 1 is 0.433 bits per heavy atom. The lowest BCUT2D eigenvalue weighted by atomic mass is 9.91. The van der Waals surface area contributed by atoms with Gasteiger partial charge in [0.25, 0.3) is 0 Å². The van der Waals surface area contributed by atoms with Crippen LogP contribution in [-0.2, 0) is 11.4 Å². The molecule has 0 rings (SSSR count). The van der Waals surface area contributed by atoms with E-state index in [1.165, 1.54) is 0 Å². The van der Waals surface area contributed by atoms with Gasteiger partial charge in [-0.1, -0.05) is 0 Å². The van der Waals surface area contributed by atoms with Gasteiger partial charge in [0.2, 0.25) is 0 Å². The van der Waals surface area contributed by atoms with E-state index in [4.69, 9.17) is 13.3 Å². The molecule has 30 heavy (non-hydrogen) atoms. The van der Waals surface area contributed by atoms with Gasteiger partial charge in [0.15, 0.2) is 0 Å². The van der Waals surface area contributed by atoms with Gasteiger partial charge in [-0.25, -0.2) is 4.21 Å². The third kappa shape index (κ3) is 4.67. The van der Waals surface area contributed by atoms with Gasteiger partial charge in [0, 0.05) is 0 Å². The average molecular weight is 519 g/mol. The number of alkyl halides is 18. The van der Waals surface area contributed by atoms with Crippen LogP contribution >= 0.6 is 0 Å². The van der Waals surface area contributed by atoms with Crippen LogP contribution in [0.5, 0.6) is 0 Å². The van der Waals surface area contributed by atoms with Crippen LogP contribution in [0.1, 0.15) is 0 Å². The van der Waals surface area contributed by atoms with Crippen molar-refractivity contribution >= 4 is 11.4 Å². The Labute approximate surface area is 153 Å². The Bertz CT molecular complexity index is 566. The Balaban J connectivity index is 0. The van der Waals surface area contributed by atoms with Crippen LogP contribution in [0.3, 0.4) is 0 Å². The maximum atomic E-state index is 12.8. The lowest BCUT2D eigenvalue weighted by Gasteiger charge is -2.41. The molecule has 1 unspecified atom stereocenters. The largest absolute Gasteiger partial charge is 0.750 e. The molecule has 0 aliphatic carbocycles. The van der Waals surface area contributed by atoms with Gasteiger partial charge in [-0.3, -0.25) is 0 Å². The predicted octanol–water partition coefficient (Wildman–Crippen LogP) is 5.26. The molecular formula is C8HF18O3S-. The molecule has 184 valence electrons. The number of hydrogen-bond acceptors (Lipinski definition) is 2. The van der Waals surface area contributed by atoms with E-state index in [0.717, 1.165) is 0 Å². The molecule has 0 aliphatic rings. The molecule has 0 heterocycles. The molecule has 0 amide bonds. The van der Waals surface area contributed by atoms with E-state index in [1.54, 1.807) is 0 Å². The molecule has 1 atom stereocenters. The number of halogens is 18. The summed E-state index contributed by atoms with van der Waals surface area (Å²) in [4.78, 5) is 0. The molecule has 0 bridgehead atoms. The van der Waals surface area contributed by atoms with Crippen LogP contribution in [0.4, 0.5) is 79.0 Å². The van der Waals surface area contributed by atoms with Gasteiger partial charge in [-0.2, -0.15) is 79.0 Å². The Kier molecular flexibility index (Phi) is 8.33. The topological polar surface area (TPSA) is 60.4 Å². The molecule has 0 saturated carbocycles. The highest BCUT2D eigenvalue weighted by Gasteiger charge is 2.95. The van der Waals surface area contributed by atoms with Crippen LogP contribution in [0.25, 0.3) is 0 Å². The van der Waals surface area contributed by atoms with Crippen LogP contribution in [0.2, 0.25) is 0 Å². The van der Waals surface area contributed by atoms with E-state index in [0.29, 0.717) is 0 Å². The molecule has 0 aliphatic heterocycles. The summed E-state index contributed by atoms with van der Waals surface area (Å²) in [5, 5.41) is 0. The normalized spacial score (nSPS) is 16.7. The molecule has 0 radical (unpaired) electrons. The van der Waals surface area contributed by atoms with Gasteiger partial charge < -0.3 is 9.11 Å². The van der Waals surface area contributed by atoms with Crippen LogP contribution in [0, 0.1) is 0 Å². The number of hydrogen-bond donors (Lipinski definition) is 1. The van der Waals surface area contributed by atoms with Gasteiger partial charge >= 0.3 is 47.9 Å². The second kappa shape index (κ2) is 8.06. The zero-order valence-corrected chi connectivity index (χ0v) is 13.3. The van der Waals surface area contributed by atoms with Crippen LogP contribution in [0.15, 0.2) is 0 Å². The first-order valence-corrected chi connectivity index (χ1v) is 6.70. The minimum Gasteiger partial charge on any atom is -0.750 e. The Morgan fingerprint density at radius 2 is 0.533 bits per heavy atom. The van der Waals surface area contributed by atoms with E-state index >= 15 is 0 Å². The molecule has 22 heteroatoms. The zero-order chi connectivity index (χ0) is 25.6. The monoisotopic (exact) mass is 519 g/mol. The molecule has 0 aromatic heterocycles. The minimum absolute atomic E-state index is 2.86. The summed E-state index contributed by atoms with van der Waals surface area (Å²) in [6.07, 6.45) is -15.6. The van der Waals surface area contributed by atoms with E-state index < -0.39 is 59.2 Å². The van der Waals surface area contributed by atoms with Crippen molar-refractivity contribution in [3.05, 3.63) is 0 Å². The van der Waals surface area contributed by atoms with E-state index in [-0.39, 0.29) is 0 Å². The summed E-state index contributed by atoms with van der Waals surface area (Å²) in [7, 11) is 0. The maximum Gasteiger partial charge on any atom is 0.460 e. The minimum atomic E-state index is -8.72. The zero-order valence-electron chi connectivity index (χ0n) is 12.5. The standard InChI is InChI=1S/C8F18.H2O3S/c9-1(10,3(13,14)5(17,18)7(21,22)23)2(11,12)4(15,16)6(19,20)8(24,25)26;1-4(2)3/h;(H2,1,2,3)/p-1. The fourth-order valence-electron chi connectivity index (χ4n) is 1.14. The van der Waals surface area contributed by atoms with Crippen molar-refractivity contribution in [2.75, 3.05) is 0 Å². The third-order valence-corrected chi connectivity index (χ3v) is 2.68. The average Bonchev–Trinajstić information content (AvgIpc) is 2.42. The smallest absolute Gasteiger partial charge is 0.460 e. The van der Waals surface area contributed by atoms with Crippen LogP contribution < -0.4 is 0 Å². The van der Waals surface area contributed by atoms with Crippen molar-refractivity contribution in [1.29, 1.82) is 0 Å². The molecule has 0 spiro atoms. The van der Waals surface area contributed by atoms with Gasteiger partial charge in [-0.05, 0) is 0 Å². The summed E-state index contributed by atoms with van der Waals surface area (Å²) in [5.41, 5.74) is 0. The van der Waals surface area contributed by atoms with Crippen LogP contribution in [-0.4, -0.2) is 61.2 Å². The van der Waals surface area contributed by atoms with Crippen molar-refractivity contribution in [3.63, 3.8) is 0 Å². The lowest BCUT2D eigenvalue weighted by molar-refractivity contribution is -0.468. The quantitative estimate of drug-likeness (QED) is 0.399. The van der Waals surface area contributed by atoms with Crippen molar-refractivity contribution in [1.82, 2.24) is 0 Å². The molecule has 3 nitrogen and oxygen atoms in total. The highest BCUT2D eigenvalue weighted by molar-refractivity contribution is 7.73. The second-order valence-corrected chi connectivity index (χ2v) is 5.09. The summed E-state index contributed by atoms with van der Waals surface area (Å²) in [6, 6.07) is 0. The SMILES string of the molecule is FC(F)(F)C(F)(F)C(F)(F)C(F)(F)C(F)(F)C(F)(F)C(F)(F)C(F)(F)F.O=S([O-])O. The third-order valence-electron chi connectivity index (χ3n) is 2.68. The first-order chi connectivity index (χ1) is 12.5. The molecule has 0 fully saturated rings. The lowest BCUT2D eigenvalue weighted by Crippen LogP contribution is -2.74. The Morgan fingerprint density at radius 3 is 0.633 bits per heavy atom. The second-order valence-electron chi connectivity index (χ2n) is 4.66. The molecule has 0 aromatic rings. The van der Waals surface area contributed by atoms with Crippen molar-refractivity contribution in [2.24, 2.45) is 0 Å². The molecule has 1 N–H and O–H groups in total. The molecule has 0 aromatic carbocycles. The van der Waals surface area contributed by atoms with Crippen molar-refractivity contribution in [3.8, 4) is 0 Å². The predicted molar refractivity (Wildman–Crippen MR) is 53.3 cm³/mol. The fraction of sp³-hybridized carbons (Fsp3) is 1.00. The first kappa shape index (κ1) is 31.0. The summed E-state index contributed by atoms with van der Waals surface area (Å²) < 4.78 is 245. The summed E-state index contributed by atoms with van der Waals surface area (Å²) in [6.45, 7) is 0. The molecule has 0 saturated heterocycles. The Hall–Kier alpha value is -1.19. The van der Waals surface area contributed by atoms with Gasteiger partial charge in [0.1, 0.15) is 0 Å². The van der Waals surface area contributed by atoms with E-state index in [9.17, 15) is 79.0 Å². The van der Waals surface area contributed by atoms with Crippen molar-refractivity contribution < 1.29 is 92.3 Å². The maximum absolute atomic E-state index is 12.8. The van der Waals surface area contributed by atoms with Crippen molar-refractivity contribution in [2.45, 2.75) is 47.9 Å². The first-order valence-electron chi connectivity index (χ1n) is 5.67. The van der Waals surface area contributed by atoms with Gasteiger partial charge in [0.05, 0.1) is 11.4 Å². The highest BCUT2D eigenvalue weighted by Crippen LogP contribution is 2.63. The van der Waals surface area contributed by atoms with Gasteiger partial charge in [-0.15, -0.1) is 0 Å².